The van der Waals surface area contributed by atoms with E-state index < -0.39 is 0 Å². The molecule has 0 bridgehead atoms. The van der Waals surface area contributed by atoms with E-state index in [1.807, 2.05) is 0 Å². The molecule has 1 amide bonds. The van der Waals surface area contributed by atoms with Crippen molar-refractivity contribution in [2.24, 2.45) is 0 Å². The summed E-state index contributed by atoms with van der Waals surface area (Å²) in [6.45, 7) is 1.73. The number of amides is 1. The second kappa shape index (κ2) is 4.78. The maximum absolute atomic E-state index is 10.5. The summed E-state index contributed by atoms with van der Waals surface area (Å²) in [5.74, 6) is -0.318. The summed E-state index contributed by atoms with van der Waals surface area (Å²) >= 11 is 0. The number of carbonyl (C=O) groups excluding carboxylic acids is 2. The SMILES string of the molecule is COC(=O)CC(C)NC=O. The Balaban J connectivity index is 3.46. The molecule has 1 atom stereocenters. The fourth-order valence-corrected chi connectivity index (χ4v) is 0.508. The smallest absolute Gasteiger partial charge is 0.307 e. The van der Waals surface area contributed by atoms with Crippen LogP contribution >= 0.6 is 0 Å². The normalized spacial score (nSPS) is 11.8. The summed E-state index contributed by atoms with van der Waals surface area (Å²) in [7, 11) is 1.32. The Bertz CT molecular complexity index is 124. The Labute approximate surface area is 59.6 Å². The number of hydrogen-bond donors (Lipinski definition) is 1. The minimum atomic E-state index is -0.318. The van der Waals surface area contributed by atoms with Gasteiger partial charge in [-0.2, -0.15) is 0 Å². The molecule has 4 nitrogen and oxygen atoms in total. The van der Waals surface area contributed by atoms with Crippen LogP contribution in [0.5, 0.6) is 0 Å². The average Bonchev–Trinajstić information content (AvgIpc) is 1.88. The molecule has 4 heteroatoms. The summed E-state index contributed by atoms with van der Waals surface area (Å²) in [5, 5.41) is 2.43. The predicted octanol–water partition coefficient (Wildman–Crippen LogP) is -0.316. The number of esters is 1. The van der Waals surface area contributed by atoms with Crippen LogP contribution in [0.3, 0.4) is 0 Å². The van der Waals surface area contributed by atoms with E-state index in [-0.39, 0.29) is 18.4 Å². The molecule has 0 saturated heterocycles. The zero-order valence-corrected chi connectivity index (χ0v) is 6.09. The molecule has 1 unspecified atom stereocenters. The van der Waals surface area contributed by atoms with Crippen molar-refractivity contribution < 1.29 is 14.3 Å². The van der Waals surface area contributed by atoms with Gasteiger partial charge in [-0.25, -0.2) is 0 Å². The van der Waals surface area contributed by atoms with Crippen molar-refractivity contribution in [3.05, 3.63) is 0 Å². The highest BCUT2D eigenvalue weighted by Gasteiger charge is 2.06. The highest BCUT2D eigenvalue weighted by Crippen LogP contribution is 1.90. The first-order valence-electron chi connectivity index (χ1n) is 2.97. The van der Waals surface area contributed by atoms with E-state index in [1.165, 1.54) is 7.11 Å². The van der Waals surface area contributed by atoms with Crippen LogP contribution in [0.15, 0.2) is 0 Å². The lowest BCUT2D eigenvalue weighted by Crippen LogP contribution is -2.27. The van der Waals surface area contributed by atoms with Crippen LogP contribution in [-0.4, -0.2) is 25.5 Å². The average molecular weight is 145 g/mol. The maximum Gasteiger partial charge on any atom is 0.307 e. The number of ether oxygens (including phenoxy) is 1. The molecule has 10 heavy (non-hydrogen) atoms. The van der Waals surface area contributed by atoms with Gasteiger partial charge in [0.15, 0.2) is 0 Å². The molecule has 0 aromatic rings. The number of rotatable bonds is 4. The standard InChI is InChI=1S/C6H11NO3/c1-5(7-4-8)3-6(9)10-2/h4-5H,3H2,1-2H3,(H,7,8). The van der Waals surface area contributed by atoms with Crippen LogP contribution < -0.4 is 5.32 Å². The molecule has 0 radical (unpaired) electrons. The Kier molecular flexibility index (Phi) is 4.28. The number of hydrogen-bond acceptors (Lipinski definition) is 3. The third-order valence-corrected chi connectivity index (χ3v) is 1.05. The molecule has 0 aliphatic carbocycles. The first-order valence-corrected chi connectivity index (χ1v) is 2.97. The van der Waals surface area contributed by atoms with Crippen LogP contribution in [0, 0.1) is 0 Å². The van der Waals surface area contributed by atoms with Gasteiger partial charge in [0.1, 0.15) is 0 Å². The minimum Gasteiger partial charge on any atom is -0.469 e. The molecule has 0 spiro atoms. The van der Waals surface area contributed by atoms with Crippen molar-refractivity contribution in [2.75, 3.05) is 7.11 Å². The Hall–Kier alpha value is -1.06. The first kappa shape index (κ1) is 8.94. The molecule has 0 fully saturated rings. The van der Waals surface area contributed by atoms with E-state index in [4.69, 9.17) is 0 Å². The summed E-state index contributed by atoms with van der Waals surface area (Å²) in [6.07, 6.45) is 0.781. The van der Waals surface area contributed by atoms with Gasteiger partial charge in [-0.05, 0) is 6.92 Å². The summed E-state index contributed by atoms with van der Waals surface area (Å²) in [4.78, 5) is 20.3. The lowest BCUT2D eigenvalue weighted by molar-refractivity contribution is -0.141. The van der Waals surface area contributed by atoms with Gasteiger partial charge in [-0.15, -0.1) is 0 Å². The molecule has 0 aliphatic heterocycles. The molecule has 0 aromatic carbocycles. The van der Waals surface area contributed by atoms with Gasteiger partial charge in [-0.3, -0.25) is 9.59 Å². The molecule has 0 saturated carbocycles. The van der Waals surface area contributed by atoms with Crippen LogP contribution in [0.25, 0.3) is 0 Å². The van der Waals surface area contributed by atoms with Gasteiger partial charge in [0.2, 0.25) is 6.41 Å². The second-order valence-corrected chi connectivity index (χ2v) is 1.97. The second-order valence-electron chi connectivity index (χ2n) is 1.97. The summed E-state index contributed by atoms with van der Waals surface area (Å²) in [5.41, 5.74) is 0. The molecule has 1 N–H and O–H groups in total. The van der Waals surface area contributed by atoms with E-state index in [0.29, 0.717) is 6.41 Å². The van der Waals surface area contributed by atoms with Crippen molar-refractivity contribution in [2.45, 2.75) is 19.4 Å². The predicted molar refractivity (Wildman–Crippen MR) is 35.3 cm³/mol. The highest BCUT2D eigenvalue weighted by molar-refractivity contribution is 5.70. The number of methoxy groups -OCH3 is 1. The topological polar surface area (TPSA) is 55.4 Å². The number of carbonyl (C=O) groups is 2. The largest absolute Gasteiger partial charge is 0.469 e. The van der Waals surface area contributed by atoms with Gasteiger partial charge in [0.25, 0.3) is 0 Å². The van der Waals surface area contributed by atoms with Crippen molar-refractivity contribution in [3.8, 4) is 0 Å². The van der Waals surface area contributed by atoms with Crippen LogP contribution in [0.4, 0.5) is 0 Å². The fourth-order valence-electron chi connectivity index (χ4n) is 0.508. The fraction of sp³-hybridized carbons (Fsp3) is 0.667. The zero-order valence-electron chi connectivity index (χ0n) is 6.09. The Morgan fingerprint density at radius 2 is 2.40 bits per heavy atom. The first-order chi connectivity index (χ1) is 4.70. The minimum absolute atomic E-state index is 0.148. The highest BCUT2D eigenvalue weighted by atomic mass is 16.5. The van der Waals surface area contributed by atoms with E-state index in [1.54, 1.807) is 6.92 Å². The molecule has 0 heterocycles. The van der Waals surface area contributed by atoms with E-state index in [2.05, 4.69) is 10.1 Å². The Morgan fingerprint density at radius 3 is 2.80 bits per heavy atom. The third kappa shape index (κ3) is 3.88. The molecular formula is C6H11NO3. The van der Waals surface area contributed by atoms with E-state index in [0.717, 1.165) is 0 Å². The van der Waals surface area contributed by atoms with Crippen LogP contribution in [0.1, 0.15) is 13.3 Å². The molecule has 0 aliphatic rings. The lowest BCUT2D eigenvalue weighted by Gasteiger charge is -2.06. The monoisotopic (exact) mass is 145 g/mol. The number of nitrogens with one attached hydrogen (secondary N) is 1. The lowest BCUT2D eigenvalue weighted by atomic mass is 10.2. The van der Waals surface area contributed by atoms with Crippen molar-refractivity contribution in [1.29, 1.82) is 0 Å². The van der Waals surface area contributed by atoms with Crippen LogP contribution in [-0.2, 0) is 14.3 Å². The zero-order chi connectivity index (χ0) is 7.98. The maximum atomic E-state index is 10.5. The van der Waals surface area contributed by atoms with Crippen LogP contribution in [0.2, 0.25) is 0 Å². The quantitative estimate of drug-likeness (QED) is 0.436. The van der Waals surface area contributed by atoms with Crippen molar-refractivity contribution in [3.63, 3.8) is 0 Å². The summed E-state index contributed by atoms with van der Waals surface area (Å²) in [6, 6.07) is -0.148. The molecular weight excluding hydrogens is 134 g/mol. The molecule has 0 aromatic heterocycles. The molecule has 0 rings (SSSR count). The van der Waals surface area contributed by atoms with Gasteiger partial charge >= 0.3 is 5.97 Å². The summed E-state index contributed by atoms with van der Waals surface area (Å²) < 4.78 is 4.37. The Morgan fingerprint density at radius 1 is 1.80 bits per heavy atom. The van der Waals surface area contributed by atoms with Gasteiger partial charge < -0.3 is 10.1 Å². The van der Waals surface area contributed by atoms with Crippen molar-refractivity contribution in [1.82, 2.24) is 5.32 Å². The van der Waals surface area contributed by atoms with Gasteiger partial charge in [-0.1, -0.05) is 0 Å². The van der Waals surface area contributed by atoms with Gasteiger partial charge in [0, 0.05) is 6.04 Å². The van der Waals surface area contributed by atoms with E-state index >= 15 is 0 Å². The van der Waals surface area contributed by atoms with Crippen molar-refractivity contribution >= 4 is 12.4 Å². The van der Waals surface area contributed by atoms with Gasteiger partial charge in [0.05, 0.1) is 13.5 Å². The third-order valence-electron chi connectivity index (χ3n) is 1.05. The molecule has 58 valence electrons. The van der Waals surface area contributed by atoms with E-state index in [9.17, 15) is 9.59 Å².